The second-order valence-electron chi connectivity index (χ2n) is 13.4. The maximum atomic E-state index is 11.8. The Kier molecular flexibility index (Phi) is 12.6. The van der Waals surface area contributed by atoms with Crippen LogP contribution in [-0.4, -0.2) is 27.5 Å². The Hall–Kier alpha value is -3.37. The van der Waals surface area contributed by atoms with E-state index in [4.69, 9.17) is 11.5 Å². The van der Waals surface area contributed by atoms with Crippen LogP contribution in [0.1, 0.15) is 83.6 Å². The number of aromatic nitrogens is 2. The van der Waals surface area contributed by atoms with Gasteiger partial charge in [-0.25, -0.2) is 9.97 Å². The number of hydrogen-bond donors (Lipinski definition) is 4. The minimum absolute atomic E-state index is 0.0723. The summed E-state index contributed by atoms with van der Waals surface area (Å²) in [4.78, 5) is 20.7. The molecule has 3 aromatic carbocycles. The average molecular weight is 647 g/mol. The van der Waals surface area contributed by atoms with Gasteiger partial charge in [-0.15, -0.1) is 0 Å². The molecule has 5 rings (SSSR count). The van der Waals surface area contributed by atoms with Gasteiger partial charge in [0.1, 0.15) is 0 Å². The number of benzene rings is 3. The van der Waals surface area contributed by atoms with E-state index in [1.807, 2.05) is 32.0 Å². The second kappa shape index (κ2) is 15.8. The fraction of sp³-hybridized carbons (Fsp3) is 0.417. The van der Waals surface area contributed by atoms with Crippen LogP contribution in [0, 0.1) is 13.8 Å². The predicted octanol–water partition coefficient (Wildman–Crippen LogP) is 8.93. The van der Waals surface area contributed by atoms with Gasteiger partial charge in [0.15, 0.2) is 10.3 Å². The van der Waals surface area contributed by atoms with E-state index in [-0.39, 0.29) is 16.9 Å². The van der Waals surface area contributed by atoms with Crippen molar-refractivity contribution < 1.29 is 4.79 Å². The first-order valence-corrected chi connectivity index (χ1v) is 17.1. The molecule has 6 N–H and O–H groups in total. The van der Waals surface area contributed by atoms with E-state index in [1.165, 1.54) is 38.3 Å². The molecule has 0 fully saturated rings. The lowest BCUT2D eigenvalue weighted by atomic mass is 9.84. The molecule has 242 valence electrons. The molecular formula is C36H50N6OS2. The number of amides is 1. The van der Waals surface area contributed by atoms with Crippen molar-refractivity contribution >= 4 is 59.3 Å². The Morgan fingerprint density at radius 2 is 1.38 bits per heavy atom. The molecule has 2 heterocycles. The molecule has 0 spiro atoms. The summed E-state index contributed by atoms with van der Waals surface area (Å²) in [6, 6.07) is 20.3. The van der Waals surface area contributed by atoms with Crippen molar-refractivity contribution in [3.05, 3.63) is 82.9 Å². The normalized spacial score (nSPS) is 12.2. The lowest BCUT2D eigenvalue weighted by Crippen LogP contribution is -2.35. The highest BCUT2D eigenvalue weighted by Gasteiger charge is 2.16. The summed E-state index contributed by atoms with van der Waals surface area (Å²) in [5.74, 6) is -0.160. The van der Waals surface area contributed by atoms with E-state index in [9.17, 15) is 4.79 Å². The van der Waals surface area contributed by atoms with Gasteiger partial charge >= 0.3 is 0 Å². The van der Waals surface area contributed by atoms with E-state index in [0.717, 1.165) is 27.3 Å². The summed E-state index contributed by atoms with van der Waals surface area (Å²) in [6.45, 7) is 19.8. The molecule has 9 heteroatoms. The molecule has 0 bridgehead atoms. The van der Waals surface area contributed by atoms with Gasteiger partial charge in [0.25, 0.3) is 0 Å². The summed E-state index contributed by atoms with van der Waals surface area (Å²) in [5.41, 5.74) is 18.8. The molecule has 0 saturated carbocycles. The maximum absolute atomic E-state index is 11.8. The smallest absolute Gasteiger partial charge is 0.243 e. The summed E-state index contributed by atoms with van der Waals surface area (Å²) in [7, 11) is 0. The zero-order valence-electron chi connectivity index (χ0n) is 28.2. The number of nitrogens with one attached hydrogen (secondary N) is 2. The number of thiazole rings is 2. The SMILES string of the molecule is CC(C)(C)c1ccccc1CN.CCCC(N)C(=O)Nc1nc2ccc(C)cc2s1.Cc1ccc2nc(NC(C)(C)C)sc2c1. The molecule has 1 atom stereocenters. The number of anilines is 2. The van der Waals surface area contributed by atoms with Crippen molar-refractivity contribution in [1.82, 2.24) is 9.97 Å². The van der Waals surface area contributed by atoms with Crippen LogP contribution in [0.4, 0.5) is 10.3 Å². The molecule has 0 aliphatic carbocycles. The lowest BCUT2D eigenvalue weighted by molar-refractivity contribution is -0.117. The van der Waals surface area contributed by atoms with Crippen LogP contribution in [0.15, 0.2) is 60.7 Å². The van der Waals surface area contributed by atoms with Gasteiger partial charge in [-0.1, -0.05) is 93.2 Å². The zero-order chi connectivity index (χ0) is 33.4. The third kappa shape index (κ3) is 11.2. The molecule has 1 unspecified atom stereocenters. The lowest BCUT2D eigenvalue weighted by Gasteiger charge is -2.22. The molecule has 1 amide bonds. The summed E-state index contributed by atoms with van der Waals surface area (Å²) in [5, 5.41) is 7.80. The summed E-state index contributed by atoms with van der Waals surface area (Å²) < 4.78 is 2.33. The molecule has 45 heavy (non-hydrogen) atoms. The van der Waals surface area contributed by atoms with Gasteiger partial charge in [-0.2, -0.15) is 0 Å². The van der Waals surface area contributed by atoms with Gasteiger partial charge in [-0.05, 0) is 93.0 Å². The minimum Gasteiger partial charge on any atom is -0.357 e. The molecule has 0 saturated heterocycles. The van der Waals surface area contributed by atoms with Crippen molar-refractivity contribution in [2.45, 2.75) is 98.7 Å². The van der Waals surface area contributed by atoms with Gasteiger partial charge in [0, 0.05) is 12.1 Å². The van der Waals surface area contributed by atoms with E-state index >= 15 is 0 Å². The Morgan fingerprint density at radius 3 is 1.87 bits per heavy atom. The first-order chi connectivity index (χ1) is 21.1. The first-order valence-electron chi connectivity index (χ1n) is 15.5. The van der Waals surface area contributed by atoms with Crippen LogP contribution < -0.4 is 22.1 Å². The molecular weight excluding hydrogens is 597 g/mol. The quantitative estimate of drug-likeness (QED) is 0.146. The van der Waals surface area contributed by atoms with E-state index < -0.39 is 6.04 Å². The van der Waals surface area contributed by atoms with Crippen LogP contribution in [-0.2, 0) is 16.8 Å². The number of aryl methyl sites for hydroxylation is 2. The number of hydrogen-bond acceptors (Lipinski definition) is 8. The Bertz CT molecular complexity index is 1690. The number of fused-ring (bicyclic) bond motifs is 2. The van der Waals surface area contributed by atoms with Crippen LogP contribution in [0.5, 0.6) is 0 Å². The van der Waals surface area contributed by atoms with Gasteiger partial charge < -0.3 is 22.1 Å². The van der Waals surface area contributed by atoms with Crippen molar-refractivity contribution in [3.63, 3.8) is 0 Å². The van der Waals surface area contributed by atoms with Crippen LogP contribution in [0.3, 0.4) is 0 Å². The van der Waals surface area contributed by atoms with E-state index in [0.29, 0.717) is 18.1 Å². The third-order valence-electron chi connectivity index (χ3n) is 6.78. The van der Waals surface area contributed by atoms with Crippen molar-refractivity contribution in [2.75, 3.05) is 10.6 Å². The Morgan fingerprint density at radius 1 is 0.844 bits per heavy atom. The first kappa shape index (κ1) is 36.1. The molecule has 0 aliphatic heterocycles. The van der Waals surface area contributed by atoms with Crippen molar-refractivity contribution in [3.8, 4) is 0 Å². The molecule has 5 aromatic rings. The number of carbonyl (C=O) groups excluding carboxylic acids is 1. The highest BCUT2D eigenvalue weighted by atomic mass is 32.1. The molecule has 7 nitrogen and oxygen atoms in total. The van der Waals surface area contributed by atoms with Crippen molar-refractivity contribution in [1.29, 1.82) is 0 Å². The van der Waals surface area contributed by atoms with Crippen LogP contribution in [0.25, 0.3) is 20.4 Å². The molecule has 0 radical (unpaired) electrons. The standard InChI is InChI=1S/C13H17N3OS.C12H16N2S.C11H17N/c1-3-4-9(14)12(17)16-13-15-10-6-5-8(2)7-11(10)18-13;1-8-5-6-9-10(7-8)15-11(13-9)14-12(2,3)4;1-11(2,3)10-7-5-4-6-9(10)8-12/h5-7,9H,3-4,14H2,1-2H3,(H,15,16,17);5-7H,1-4H3,(H,13,14);4-7H,8,12H2,1-3H3. The van der Waals surface area contributed by atoms with Gasteiger partial charge in [0.05, 0.1) is 26.5 Å². The summed E-state index contributed by atoms with van der Waals surface area (Å²) >= 11 is 3.19. The highest BCUT2D eigenvalue weighted by molar-refractivity contribution is 7.22. The number of rotatable bonds is 6. The topological polar surface area (TPSA) is 119 Å². The Balaban J connectivity index is 0.000000188. The highest BCUT2D eigenvalue weighted by Crippen LogP contribution is 2.29. The van der Waals surface area contributed by atoms with E-state index in [2.05, 4.69) is 112 Å². The number of nitrogens with zero attached hydrogens (tertiary/aromatic N) is 2. The zero-order valence-corrected chi connectivity index (χ0v) is 29.9. The maximum Gasteiger partial charge on any atom is 0.243 e. The number of carbonyl (C=O) groups is 1. The van der Waals surface area contributed by atoms with E-state index in [1.54, 1.807) is 11.3 Å². The minimum atomic E-state index is -0.455. The van der Waals surface area contributed by atoms with Crippen LogP contribution in [0.2, 0.25) is 0 Å². The number of nitrogens with two attached hydrogens (primary N) is 2. The summed E-state index contributed by atoms with van der Waals surface area (Å²) in [6.07, 6.45) is 1.59. The molecule has 2 aromatic heterocycles. The third-order valence-corrected chi connectivity index (χ3v) is 8.65. The van der Waals surface area contributed by atoms with Gasteiger partial charge in [-0.3, -0.25) is 4.79 Å². The van der Waals surface area contributed by atoms with Crippen LogP contribution >= 0.6 is 22.7 Å². The van der Waals surface area contributed by atoms with Crippen molar-refractivity contribution in [2.24, 2.45) is 11.5 Å². The average Bonchev–Trinajstić information content (AvgIpc) is 3.54. The second-order valence-corrected chi connectivity index (χ2v) is 15.4. The molecule has 0 aliphatic rings. The van der Waals surface area contributed by atoms with Gasteiger partial charge in [0.2, 0.25) is 5.91 Å². The largest absolute Gasteiger partial charge is 0.357 e. The monoisotopic (exact) mass is 646 g/mol. The Labute approximate surface area is 276 Å². The fourth-order valence-electron chi connectivity index (χ4n) is 4.56. The predicted molar refractivity (Wildman–Crippen MR) is 197 cm³/mol. The fourth-order valence-corrected chi connectivity index (χ4v) is 6.70.